The average Bonchev–Trinajstić information content (AvgIpc) is 2.10. The van der Waals surface area contributed by atoms with Crippen LogP contribution in [0.4, 0.5) is 8.78 Å². The molecular weight excluding hydrogens is 242 g/mol. The van der Waals surface area contributed by atoms with Crippen molar-refractivity contribution < 1.29 is 13.6 Å². The molecule has 0 atom stereocenters. The fourth-order valence-corrected chi connectivity index (χ4v) is 1.32. The van der Waals surface area contributed by atoms with E-state index in [0.29, 0.717) is 5.56 Å². The van der Waals surface area contributed by atoms with Crippen LogP contribution in [-0.4, -0.2) is 11.1 Å². The number of Topliss-reactive ketones (excluding diaryl/α,β-unsaturated/α-hetero) is 1. The van der Waals surface area contributed by atoms with E-state index in [0.717, 1.165) is 12.1 Å². The van der Waals surface area contributed by atoms with E-state index in [1.165, 1.54) is 0 Å². The first kappa shape index (κ1) is 10.3. The molecule has 0 saturated carbocycles. The van der Waals surface area contributed by atoms with Crippen LogP contribution in [0.5, 0.6) is 0 Å². The summed E-state index contributed by atoms with van der Waals surface area (Å²) in [6.45, 7) is 1.57. The molecule has 1 rings (SSSR count). The molecule has 0 bridgehead atoms. The van der Waals surface area contributed by atoms with Crippen molar-refractivity contribution in [2.45, 2.75) is 6.92 Å². The van der Waals surface area contributed by atoms with Crippen LogP contribution in [0.25, 0.3) is 0 Å². The summed E-state index contributed by atoms with van der Waals surface area (Å²) in [7, 11) is 0. The van der Waals surface area contributed by atoms with Gasteiger partial charge in [-0.2, -0.15) is 0 Å². The molecule has 0 aliphatic heterocycles. The first-order valence-corrected chi connectivity index (χ1v) is 4.73. The number of carbonyl (C=O) groups is 1. The standard InChI is InChI=1S/C9H7BrF2O/c1-5-2-7(11)8(12)3-6(5)9(13)4-10/h2-3H,4H2,1H3. The predicted octanol–water partition coefficient (Wildman–Crippen LogP) is 2.85. The Kier molecular flexibility index (Phi) is 3.14. The fraction of sp³-hybridized carbons (Fsp3) is 0.222. The minimum atomic E-state index is -0.991. The maximum absolute atomic E-state index is 12.7. The maximum atomic E-state index is 12.7. The summed E-state index contributed by atoms with van der Waals surface area (Å²) >= 11 is 2.96. The fourth-order valence-electron chi connectivity index (χ4n) is 1.02. The average molecular weight is 249 g/mol. The van der Waals surface area contributed by atoms with Crippen molar-refractivity contribution in [3.8, 4) is 0 Å². The molecule has 0 spiro atoms. The summed E-state index contributed by atoms with van der Waals surface area (Å²) < 4.78 is 25.3. The monoisotopic (exact) mass is 248 g/mol. The molecule has 0 heterocycles. The zero-order chi connectivity index (χ0) is 10.0. The Morgan fingerprint density at radius 2 is 1.92 bits per heavy atom. The van der Waals surface area contributed by atoms with Crippen LogP contribution in [0.2, 0.25) is 0 Å². The summed E-state index contributed by atoms with van der Waals surface area (Å²) in [6, 6.07) is 1.94. The van der Waals surface area contributed by atoms with Gasteiger partial charge in [0.05, 0.1) is 5.33 Å². The Balaban J connectivity index is 3.23. The molecule has 0 amide bonds. The largest absolute Gasteiger partial charge is 0.293 e. The number of rotatable bonds is 2. The first-order chi connectivity index (χ1) is 6.06. The number of hydrogen-bond acceptors (Lipinski definition) is 1. The van der Waals surface area contributed by atoms with Gasteiger partial charge in [0.1, 0.15) is 0 Å². The quantitative estimate of drug-likeness (QED) is 0.581. The molecule has 70 valence electrons. The van der Waals surface area contributed by atoms with E-state index in [-0.39, 0.29) is 16.7 Å². The van der Waals surface area contributed by atoms with Gasteiger partial charge in [-0.05, 0) is 24.6 Å². The van der Waals surface area contributed by atoms with Gasteiger partial charge >= 0.3 is 0 Å². The lowest BCUT2D eigenvalue weighted by molar-refractivity contribution is 0.102. The van der Waals surface area contributed by atoms with Crippen LogP contribution in [0.1, 0.15) is 15.9 Å². The highest BCUT2D eigenvalue weighted by molar-refractivity contribution is 9.09. The maximum Gasteiger partial charge on any atom is 0.173 e. The van der Waals surface area contributed by atoms with Gasteiger partial charge in [0.2, 0.25) is 0 Å². The number of carbonyl (C=O) groups excluding carboxylic acids is 1. The first-order valence-electron chi connectivity index (χ1n) is 3.61. The summed E-state index contributed by atoms with van der Waals surface area (Å²) in [6.07, 6.45) is 0. The van der Waals surface area contributed by atoms with Gasteiger partial charge in [0, 0.05) is 5.56 Å². The Hall–Kier alpha value is -0.770. The molecular formula is C9H7BrF2O. The van der Waals surface area contributed by atoms with Crippen LogP contribution in [-0.2, 0) is 0 Å². The number of hydrogen-bond donors (Lipinski definition) is 0. The van der Waals surface area contributed by atoms with E-state index >= 15 is 0 Å². The van der Waals surface area contributed by atoms with Gasteiger partial charge in [0.15, 0.2) is 17.4 Å². The van der Waals surface area contributed by atoms with Gasteiger partial charge in [-0.3, -0.25) is 4.79 Å². The SMILES string of the molecule is Cc1cc(F)c(F)cc1C(=O)CBr. The number of halogens is 3. The third-order valence-electron chi connectivity index (χ3n) is 1.69. The molecule has 0 fully saturated rings. The molecule has 4 heteroatoms. The van der Waals surface area contributed by atoms with Crippen molar-refractivity contribution in [3.05, 3.63) is 34.9 Å². The van der Waals surface area contributed by atoms with E-state index in [1.54, 1.807) is 6.92 Å². The van der Waals surface area contributed by atoms with Crippen molar-refractivity contribution in [1.82, 2.24) is 0 Å². The molecule has 1 nitrogen and oxygen atoms in total. The predicted molar refractivity (Wildman–Crippen MR) is 49.2 cm³/mol. The van der Waals surface area contributed by atoms with Crippen molar-refractivity contribution in [2.75, 3.05) is 5.33 Å². The number of aryl methyl sites for hydroxylation is 1. The second-order valence-electron chi connectivity index (χ2n) is 2.64. The van der Waals surface area contributed by atoms with Crippen molar-refractivity contribution in [1.29, 1.82) is 0 Å². The summed E-state index contributed by atoms with van der Waals surface area (Å²) in [5.41, 5.74) is 0.666. The molecule has 0 unspecified atom stereocenters. The van der Waals surface area contributed by atoms with Crippen LogP contribution < -0.4 is 0 Å². The van der Waals surface area contributed by atoms with Gasteiger partial charge in [-0.15, -0.1) is 0 Å². The van der Waals surface area contributed by atoms with Crippen LogP contribution in [0, 0.1) is 18.6 Å². The highest BCUT2D eigenvalue weighted by Crippen LogP contribution is 2.15. The zero-order valence-corrected chi connectivity index (χ0v) is 8.49. The van der Waals surface area contributed by atoms with Gasteiger partial charge < -0.3 is 0 Å². The summed E-state index contributed by atoms with van der Waals surface area (Å²) in [5.74, 6) is -2.17. The normalized spacial score (nSPS) is 10.2. The molecule has 1 aromatic rings. The molecule has 0 aromatic heterocycles. The Morgan fingerprint density at radius 3 is 2.46 bits per heavy atom. The van der Waals surface area contributed by atoms with Gasteiger partial charge in [0.25, 0.3) is 0 Å². The van der Waals surface area contributed by atoms with E-state index < -0.39 is 11.6 Å². The molecule has 1 aromatic carbocycles. The van der Waals surface area contributed by atoms with Crippen molar-refractivity contribution >= 4 is 21.7 Å². The molecule has 0 radical (unpaired) electrons. The molecule has 13 heavy (non-hydrogen) atoms. The van der Waals surface area contributed by atoms with Crippen LogP contribution in [0.15, 0.2) is 12.1 Å². The minimum Gasteiger partial charge on any atom is -0.293 e. The van der Waals surface area contributed by atoms with Crippen molar-refractivity contribution in [2.24, 2.45) is 0 Å². The van der Waals surface area contributed by atoms with Crippen LogP contribution >= 0.6 is 15.9 Å². The van der Waals surface area contributed by atoms with Crippen molar-refractivity contribution in [3.63, 3.8) is 0 Å². The van der Waals surface area contributed by atoms with E-state index in [1.807, 2.05) is 0 Å². The summed E-state index contributed by atoms with van der Waals surface area (Å²) in [5, 5.41) is 0.110. The lowest BCUT2D eigenvalue weighted by atomic mass is 10.1. The van der Waals surface area contributed by atoms with E-state index in [4.69, 9.17) is 0 Å². The highest BCUT2D eigenvalue weighted by atomic mass is 79.9. The summed E-state index contributed by atoms with van der Waals surface area (Å²) in [4.78, 5) is 11.2. The van der Waals surface area contributed by atoms with Gasteiger partial charge in [-0.25, -0.2) is 8.78 Å². The number of ketones is 1. The second kappa shape index (κ2) is 3.96. The lowest BCUT2D eigenvalue weighted by Gasteiger charge is -2.03. The van der Waals surface area contributed by atoms with Gasteiger partial charge in [-0.1, -0.05) is 15.9 Å². The molecule has 0 aliphatic carbocycles. The molecule has 0 saturated heterocycles. The van der Waals surface area contributed by atoms with E-state index in [9.17, 15) is 13.6 Å². The zero-order valence-electron chi connectivity index (χ0n) is 6.90. The lowest BCUT2D eigenvalue weighted by Crippen LogP contribution is -2.04. The van der Waals surface area contributed by atoms with E-state index in [2.05, 4.69) is 15.9 Å². The number of alkyl halides is 1. The number of benzene rings is 1. The third kappa shape index (κ3) is 2.12. The van der Waals surface area contributed by atoms with Crippen LogP contribution in [0.3, 0.4) is 0 Å². The second-order valence-corrected chi connectivity index (χ2v) is 3.20. The topological polar surface area (TPSA) is 17.1 Å². The Bertz CT molecular complexity index is 350. The Labute approximate surface area is 82.9 Å². The molecule has 0 N–H and O–H groups in total. The third-order valence-corrected chi connectivity index (χ3v) is 2.20. The Morgan fingerprint density at radius 1 is 1.38 bits per heavy atom. The smallest absolute Gasteiger partial charge is 0.173 e. The molecule has 0 aliphatic rings. The highest BCUT2D eigenvalue weighted by Gasteiger charge is 2.11. The minimum absolute atomic E-state index is 0.110.